The topological polar surface area (TPSA) is 38.2 Å². The lowest BCUT2D eigenvalue weighted by Gasteiger charge is -2.37. The largest absolute Gasteiger partial charge is 0.379 e. The summed E-state index contributed by atoms with van der Waals surface area (Å²) in [4.78, 5) is 11.3. The van der Waals surface area contributed by atoms with Gasteiger partial charge in [0.05, 0.1) is 6.10 Å². The lowest BCUT2D eigenvalue weighted by molar-refractivity contribution is 0.0496. The molecule has 0 bridgehead atoms. The molecule has 1 fully saturated rings. The Labute approximate surface area is 126 Å². The van der Waals surface area contributed by atoms with Crippen LogP contribution >= 0.6 is 11.6 Å². The summed E-state index contributed by atoms with van der Waals surface area (Å²) in [5, 5.41) is 0.507. The van der Waals surface area contributed by atoms with Gasteiger partial charge < -0.3 is 9.64 Å². The predicted molar refractivity (Wildman–Crippen MR) is 82.5 cm³/mol. The molecule has 0 radical (unpaired) electrons. The van der Waals surface area contributed by atoms with E-state index in [1.807, 2.05) is 6.07 Å². The molecule has 2 atom stereocenters. The third-order valence-corrected chi connectivity index (χ3v) is 4.06. The molecule has 1 aliphatic rings. The fourth-order valence-electron chi connectivity index (χ4n) is 2.45. The van der Waals surface area contributed by atoms with E-state index in [2.05, 4.69) is 37.6 Å². The van der Waals surface area contributed by atoms with E-state index in [-0.39, 0.29) is 11.5 Å². The highest BCUT2D eigenvalue weighted by atomic mass is 35.5. The molecular weight excluding hydrogens is 274 g/mol. The second kappa shape index (κ2) is 5.86. The second-order valence-corrected chi connectivity index (χ2v) is 7.00. The molecule has 1 aromatic rings. The van der Waals surface area contributed by atoms with Crippen LogP contribution in [0.3, 0.4) is 0 Å². The molecule has 0 spiro atoms. The molecule has 112 valence electrons. The first-order valence-corrected chi connectivity index (χ1v) is 7.52. The van der Waals surface area contributed by atoms with E-state index in [0.29, 0.717) is 11.1 Å². The molecule has 0 N–H and O–H groups in total. The van der Waals surface area contributed by atoms with Crippen LogP contribution in [0.5, 0.6) is 0 Å². The quantitative estimate of drug-likeness (QED) is 0.785. The maximum Gasteiger partial charge on any atom is 0.137 e. The van der Waals surface area contributed by atoms with E-state index in [4.69, 9.17) is 21.3 Å². The van der Waals surface area contributed by atoms with Crippen molar-refractivity contribution in [3.63, 3.8) is 0 Å². The highest BCUT2D eigenvalue weighted by Crippen LogP contribution is 2.27. The van der Waals surface area contributed by atoms with Crippen LogP contribution in [0.2, 0.25) is 5.15 Å². The lowest BCUT2D eigenvalue weighted by atomic mass is 9.95. The van der Waals surface area contributed by atoms with Crippen molar-refractivity contribution in [2.24, 2.45) is 5.92 Å². The van der Waals surface area contributed by atoms with Crippen LogP contribution in [0.4, 0.5) is 5.82 Å². The Bertz CT molecular complexity index is 473. The summed E-state index contributed by atoms with van der Waals surface area (Å²) < 4.78 is 5.56. The van der Waals surface area contributed by atoms with Gasteiger partial charge in [-0.2, -0.15) is 0 Å². The van der Waals surface area contributed by atoms with E-state index in [1.165, 1.54) is 0 Å². The molecule has 0 aromatic carbocycles. The standard InChI is InChI=1S/C15H24ClN3O/c1-10-6-7-19(9-11(10)20-5)13-8-12(16)17-14(18-13)15(2,3)4/h8,10-11H,6-7,9H2,1-5H3. The van der Waals surface area contributed by atoms with E-state index in [0.717, 1.165) is 31.2 Å². The van der Waals surface area contributed by atoms with Crippen LogP contribution in [-0.4, -0.2) is 36.3 Å². The third-order valence-electron chi connectivity index (χ3n) is 3.87. The predicted octanol–water partition coefficient (Wildman–Crippen LogP) is 3.29. The number of rotatable bonds is 2. The van der Waals surface area contributed by atoms with Gasteiger partial charge in [0.15, 0.2) is 0 Å². The van der Waals surface area contributed by atoms with E-state index in [9.17, 15) is 0 Å². The Morgan fingerprint density at radius 1 is 1.35 bits per heavy atom. The van der Waals surface area contributed by atoms with Crippen molar-refractivity contribution in [3.05, 3.63) is 17.0 Å². The van der Waals surface area contributed by atoms with Crippen LogP contribution in [0.15, 0.2) is 6.07 Å². The number of halogens is 1. The van der Waals surface area contributed by atoms with E-state index >= 15 is 0 Å². The van der Waals surface area contributed by atoms with Crippen molar-refractivity contribution in [1.29, 1.82) is 0 Å². The van der Waals surface area contributed by atoms with Crippen LogP contribution in [0.1, 0.15) is 39.9 Å². The summed E-state index contributed by atoms with van der Waals surface area (Å²) in [5.41, 5.74) is -0.108. The van der Waals surface area contributed by atoms with Crippen molar-refractivity contribution in [3.8, 4) is 0 Å². The van der Waals surface area contributed by atoms with Crippen LogP contribution in [-0.2, 0) is 10.2 Å². The van der Waals surface area contributed by atoms with Gasteiger partial charge in [0.1, 0.15) is 16.8 Å². The maximum absolute atomic E-state index is 6.17. The van der Waals surface area contributed by atoms with Crippen molar-refractivity contribution in [2.45, 2.75) is 45.6 Å². The monoisotopic (exact) mass is 297 g/mol. The average molecular weight is 298 g/mol. The van der Waals surface area contributed by atoms with E-state index in [1.54, 1.807) is 7.11 Å². The molecular formula is C15H24ClN3O. The normalized spacial score (nSPS) is 24.0. The molecule has 5 heteroatoms. The van der Waals surface area contributed by atoms with Gasteiger partial charge in [0.25, 0.3) is 0 Å². The Hall–Kier alpha value is -0.870. The fraction of sp³-hybridized carbons (Fsp3) is 0.733. The first-order valence-electron chi connectivity index (χ1n) is 7.14. The van der Waals surface area contributed by atoms with Crippen molar-refractivity contribution < 1.29 is 4.74 Å². The molecule has 0 saturated carbocycles. The Morgan fingerprint density at radius 2 is 2.05 bits per heavy atom. The van der Waals surface area contributed by atoms with Gasteiger partial charge >= 0.3 is 0 Å². The Balaban J connectivity index is 2.27. The van der Waals surface area contributed by atoms with Gasteiger partial charge in [-0.25, -0.2) is 9.97 Å². The van der Waals surface area contributed by atoms with Gasteiger partial charge in [0.2, 0.25) is 0 Å². The molecule has 4 nitrogen and oxygen atoms in total. The van der Waals surface area contributed by atoms with Gasteiger partial charge in [-0.05, 0) is 12.3 Å². The summed E-state index contributed by atoms with van der Waals surface area (Å²) >= 11 is 6.17. The minimum absolute atomic E-state index is 0.108. The molecule has 0 amide bonds. The minimum Gasteiger partial charge on any atom is -0.379 e. The zero-order valence-electron chi connectivity index (χ0n) is 13.0. The fourth-order valence-corrected chi connectivity index (χ4v) is 2.63. The molecule has 0 aliphatic carbocycles. The van der Waals surface area contributed by atoms with Gasteiger partial charge in [0, 0.05) is 31.7 Å². The van der Waals surface area contributed by atoms with E-state index < -0.39 is 0 Å². The number of ether oxygens (including phenoxy) is 1. The first-order chi connectivity index (χ1) is 9.31. The highest BCUT2D eigenvalue weighted by Gasteiger charge is 2.28. The highest BCUT2D eigenvalue weighted by molar-refractivity contribution is 6.29. The number of nitrogens with zero attached hydrogens (tertiary/aromatic N) is 3. The summed E-state index contributed by atoms with van der Waals surface area (Å²) in [7, 11) is 1.78. The average Bonchev–Trinajstić information content (AvgIpc) is 2.37. The summed E-state index contributed by atoms with van der Waals surface area (Å²) in [6, 6.07) is 1.85. The Kier molecular flexibility index (Phi) is 4.55. The molecule has 2 rings (SSSR count). The lowest BCUT2D eigenvalue weighted by Crippen LogP contribution is -2.44. The van der Waals surface area contributed by atoms with Crippen molar-refractivity contribution in [1.82, 2.24) is 9.97 Å². The van der Waals surface area contributed by atoms with Crippen molar-refractivity contribution >= 4 is 17.4 Å². The molecule has 1 saturated heterocycles. The summed E-state index contributed by atoms with van der Waals surface area (Å²) in [6.07, 6.45) is 1.35. The number of hydrogen-bond acceptors (Lipinski definition) is 4. The summed E-state index contributed by atoms with van der Waals surface area (Å²) in [5.74, 6) is 2.27. The number of anilines is 1. The number of hydrogen-bond donors (Lipinski definition) is 0. The Morgan fingerprint density at radius 3 is 2.65 bits per heavy atom. The zero-order chi connectivity index (χ0) is 14.9. The number of methoxy groups -OCH3 is 1. The van der Waals surface area contributed by atoms with Gasteiger partial charge in [-0.15, -0.1) is 0 Å². The smallest absolute Gasteiger partial charge is 0.137 e. The first kappa shape index (κ1) is 15.5. The molecule has 2 unspecified atom stereocenters. The summed E-state index contributed by atoms with van der Waals surface area (Å²) in [6.45, 7) is 10.4. The maximum atomic E-state index is 6.17. The van der Waals surface area contributed by atoms with Gasteiger partial charge in [-0.1, -0.05) is 39.3 Å². The zero-order valence-corrected chi connectivity index (χ0v) is 13.7. The van der Waals surface area contributed by atoms with Crippen LogP contribution in [0.25, 0.3) is 0 Å². The van der Waals surface area contributed by atoms with Crippen LogP contribution in [0, 0.1) is 5.92 Å². The third kappa shape index (κ3) is 3.41. The van der Waals surface area contributed by atoms with Gasteiger partial charge in [-0.3, -0.25) is 0 Å². The number of piperidine rings is 1. The van der Waals surface area contributed by atoms with Crippen molar-refractivity contribution in [2.75, 3.05) is 25.1 Å². The van der Waals surface area contributed by atoms with Crippen LogP contribution < -0.4 is 4.90 Å². The molecule has 20 heavy (non-hydrogen) atoms. The second-order valence-electron chi connectivity index (χ2n) is 6.61. The number of aromatic nitrogens is 2. The SMILES string of the molecule is COC1CN(c2cc(Cl)nc(C(C)(C)C)n2)CCC1C. The molecule has 1 aliphatic heterocycles. The molecule has 2 heterocycles. The molecule has 1 aromatic heterocycles. The minimum atomic E-state index is -0.108.